The predicted octanol–water partition coefficient (Wildman–Crippen LogP) is 1.61. The molecule has 0 aromatic heterocycles. The highest BCUT2D eigenvalue weighted by Crippen LogP contribution is 2.52. The van der Waals surface area contributed by atoms with E-state index in [-0.39, 0.29) is 36.5 Å². The van der Waals surface area contributed by atoms with E-state index in [1.165, 1.54) is 33.3 Å². The zero-order valence-electron chi connectivity index (χ0n) is 26.3. The Hall–Kier alpha value is -4.04. The number of ether oxygens (including phenoxy) is 2. The number of amides is 4. The summed E-state index contributed by atoms with van der Waals surface area (Å²) in [4.78, 5) is 80.7. The summed E-state index contributed by atoms with van der Waals surface area (Å²) in [6, 6.07) is 14.9. The van der Waals surface area contributed by atoms with Crippen LogP contribution in [0, 0.1) is 0 Å². The van der Waals surface area contributed by atoms with E-state index in [1.807, 2.05) is 88.4 Å². The molecule has 4 aliphatic rings. The molecular weight excluding hydrogens is 645 g/mol. The van der Waals surface area contributed by atoms with Crippen LogP contribution in [-0.4, -0.2) is 96.6 Å². The van der Waals surface area contributed by atoms with E-state index in [0.717, 1.165) is 11.1 Å². The number of esters is 2. The van der Waals surface area contributed by atoms with Crippen molar-refractivity contribution in [1.29, 1.82) is 0 Å². The number of hydrogen-bond acceptors (Lipinski definition) is 10. The number of nitrogens with one attached hydrogen (secondary N) is 2. The Morgan fingerprint density at radius 3 is 1.38 bits per heavy atom. The molecule has 4 aliphatic heterocycles. The van der Waals surface area contributed by atoms with Gasteiger partial charge in [0.2, 0.25) is 30.4 Å². The summed E-state index contributed by atoms with van der Waals surface area (Å²) in [6.45, 7) is 6.56. The number of hydrogen-bond donors (Lipinski definition) is 2. The standard InChI is InChI=1S/C33H36N4O8S2/c1-32(2)24(36-26(40)22(28(36)46-32)34-20(38)15-18-11-7-5-8-12-18)30(42)44-17-45-31(43)25-33(3,4)47-29-23(27(41)37(25)29)35-21(39)16-19-13-9-6-10-14-19/h5-14,22-25,28-29H,15-17H2,1-4H3,(H,34,38)(H,35,39)/t22-,23-,24+,25+,28-,29-/m1/s1. The number of carbonyl (C=O) groups is 6. The summed E-state index contributed by atoms with van der Waals surface area (Å²) < 4.78 is 9.23. The summed E-state index contributed by atoms with van der Waals surface area (Å²) in [5.41, 5.74) is 1.64. The van der Waals surface area contributed by atoms with Crippen LogP contribution >= 0.6 is 23.5 Å². The molecular formula is C33H36N4O8S2. The summed E-state index contributed by atoms with van der Waals surface area (Å²) in [5.74, 6) is -2.82. The van der Waals surface area contributed by atoms with Gasteiger partial charge < -0.3 is 29.9 Å². The average molecular weight is 681 g/mol. The minimum Gasteiger partial charge on any atom is -0.426 e. The fourth-order valence-corrected chi connectivity index (χ4v) is 9.81. The van der Waals surface area contributed by atoms with Gasteiger partial charge in [-0.25, -0.2) is 9.59 Å². The highest BCUT2D eigenvalue weighted by molar-refractivity contribution is 8.02. The van der Waals surface area contributed by atoms with Gasteiger partial charge in [0.1, 0.15) is 34.9 Å². The summed E-state index contributed by atoms with van der Waals surface area (Å²) >= 11 is 2.78. The molecule has 6 atom stereocenters. The molecule has 0 aliphatic carbocycles. The number of fused-ring (bicyclic) bond motifs is 2. The Kier molecular flexibility index (Phi) is 8.77. The molecule has 6 rings (SSSR count). The molecule has 248 valence electrons. The van der Waals surface area contributed by atoms with Crippen molar-refractivity contribution < 1.29 is 38.2 Å². The molecule has 47 heavy (non-hydrogen) atoms. The van der Waals surface area contributed by atoms with Crippen molar-refractivity contribution in [3.8, 4) is 0 Å². The van der Waals surface area contributed by atoms with E-state index in [1.54, 1.807) is 0 Å². The lowest BCUT2D eigenvalue weighted by atomic mass is 9.95. The molecule has 2 N–H and O–H groups in total. The topological polar surface area (TPSA) is 151 Å². The maximum atomic E-state index is 13.2. The van der Waals surface area contributed by atoms with Crippen molar-refractivity contribution in [2.75, 3.05) is 6.79 Å². The number of benzene rings is 2. The van der Waals surface area contributed by atoms with Crippen LogP contribution in [0.25, 0.3) is 0 Å². The maximum Gasteiger partial charge on any atom is 0.333 e. The Balaban J connectivity index is 1.00. The molecule has 0 bridgehead atoms. The second-order valence-electron chi connectivity index (χ2n) is 13.0. The first-order chi connectivity index (χ1) is 22.3. The van der Waals surface area contributed by atoms with Crippen molar-refractivity contribution in [3.05, 3.63) is 71.8 Å². The van der Waals surface area contributed by atoms with Crippen LogP contribution in [0.15, 0.2) is 60.7 Å². The zero-order chi connectivity index (χ0) is 33.7. The van der Waals surface area contributed by atoms with Gasteiger partial charge in [0.25, 0.3) is 0 Å². The minimum absolute atomic E-state index is 0.131. The lowest BCUT2D eigenvalue weighted by Gasteiger charge is -2.44. The van der Waals surface area contributed by atoms with Gasteiger partial charge in [-0.2, -0.15) is 0 Å². The first-order valence-corrected chi connectivity index (χ1v) is 17.0. The van der Waals surface area contributed by atoms with E-state index in [0.29, 0.717) is 0 Å². The SMILES string of the molecule is CC1(C)S[C@@H]2[C@H](NC(=O)Cc3ccccc3)C(=O)N2[C@H]1C(=O)OCOC(=O)[C@@H]1N2C(=O)[C@@H](NC(=O)Cc3ccccc3)[C@H]2SC1(C)C. The summed E-state index contributed by atoms with van der Waals surface area (Å²) in [7, 11) is 0. The Bertz CT molecular complexity index is 1490. The molecule has 14 heteroatoms. The normalized spacial score (nSPS) is 27.9. The highest BCUT2D eigenvalue weighted by atomic mass is 32.2. The number of nitrogens with zero attached hydrogens (tertiary/aromatic N) is 2. The molecule has 2 aromatic rings. The quantitative estimate of drug-likeness (QED) is 0.215. The molecule has 4 amide bonds. The smallest absolute Gasteiger partial charge is 0.333 e. The number of rotatable bonds is 10. The molecule has 0 unspecified atom stereocenters. The first kappa shape index (κ1) is 32.9. The Morgan fingerprint density at radius 2 is 1.02 bits per heavy atom. The third kappa shape index (κ3) is 6.20. The Labute approximate surface area is 280 Å². The molecule has 4 fully saturated rings. The van der Waals surface area contributed by atoms with Gasteiger partial charge in [-0.05, 0) is 38.8 Å². The van der Waals surface area contributed by atoms with Crippen molar-refractivity contribution in [3.63, 3.8) is 0 Å². The molecule has 4 saturated heterocycles. The molecule has 2 aromatic carbocycles. The van der Waals surface area contributed by atoms with E-state index < -0.39 is 63.1 Å². The fraction of sp³-hybridized carbons (Fsp3) is 0.455. The third-order valence-corrected chi connectivity index (χ3v) is 11.9. The minimum atomic E-state index is -0.953. The van der Waals surface area contributed by atoms with E-state index in [2.05, 4.69) is 10.6 Å². The highest BCUT2D eigenvalue weighted by Gasteiger charge is 2.66. The van der Waals surface area contributed by atoms with Crippen LogP contribution in [0.1, 0.15) is 38.8 Å². The summed E-state index contributed by atoms with van der Waals surface area (Å²) in [5, 5.41) is 4.70. The van der Waals surface area contributed by atoms with Crippen molar-refractivity contribution in [1.82, 2.24) is 20.4 Å². The van der Waals surface area contributed by atoms with Gasteiger partial charge in [-0.15, -0.1) is 23.5 Å². The second-order valence-corrected chi connectivity index (χ2v) is 16.5. The van der Waals surface area contributed by atoms with E-state index in [4.69, 9.17) is 9.47 Å². The van der Waals surface area contributed by atoms with Crippen LogP contribution in [0.5, 0.6) is 0 Å². The average Bonchev–Trinajstić information content (AvgIpc) is 3.44. The summed E-state index contributed by atoms with van der Waals surface area (Å²) in [6.07, 6.45) is 0.262. The molecule has 0 spiro atoms. The zero-order valence-corrected chi connectivity index (χ0v) is 28.0. The number of carbonyl (C=O) groups excluding carboxylic acids is 6. The van der Waals surface area contributed by atoms with Gasteiger partial charge in [0, 0.05) is 9.49 Å². The predicted molar refractivity (Wildman–Crippen MR) is 173 cm³/mol. The van der Waals surface area contributed by atoms with E-state index >= 15 is 0 Å². The van der Waals surface area contributed by atoms with Crippen LogP contribution in [0.4, 0.5) is 0 Å². The molecule has 4 heterocycles. The van der Waals surface area contributed by atoms with Crippen LogP contribution in [0.2, 0.25) is 0 Å². The van der Waals surface area contributed by atoms with Crippen LogP contribution < -0.4 is 10.6 Å². The van der Waals surface area contributed by atoms with E-state index in [9.17, 15) is 28.8 Å². The van der Waals surface area contributed by atoms with Gasteiger partial charge in [0.05, 0.1) is 12.8 Å². The monoisotopic (exact) mass is 680 g/mol. The lowest BCUT2D eigenvalue weighted by molar-refractivity contribution is -0.181. The van der Waals surface area contributed by atoms with Gasteiger partial charge in [0.15, 0.2) is 0 Å². The number of thioether (sulfide) groups is 2. The maximum absolute atomic E-state index is 13.2. The fourth-order valence-electron chi connectivity index (χ4n) is 6.57. The van der Waals surface area contributed by atoms with Gasteiger partial charge in [-0.1, -0.05) is 60.7 Å². The van der Waals surface area contributed by atoms with Crippen molar-refractivity contribution in [2.24, 2.45) is 0 Å². The van der Waals surface area contributed by atoms with Crippen molar-refractivity contribution >= 4 is 59.1 Å². The Morgan fingerprint density at radius 1 is 0.660 bits per heavy atom. The molecule has 0 saturated carbocycles. The lowest BCUT2D eigenvalue weighted by Crippen LogP contribution is -2.71. The van der Waals surface area contributed by atoms with Crippen LogP contribution in [-0.2, 0) is 51.1 Å². The molecule has 12 nitrogen and oxygen atoms in total. The third-order valence-electron chi connectivity index (χ3n) is 8.78. The first-order valence-electron chi connectivity index (χ1n) is 15.3. The second kappa shape index (κ2) is 12.5. The molecule has 0 radical (unpaired) electrons. The van der Waals surface area contributed by atoms with Gasteiger partial charge >= 0.3 is 11.9 Å². The largest absolute Gasteiger partial charge is 0.426 e. The number of β-lactam (4-membered cyclic amide) rings is 2. The van der Waals surface area contributed by atoms with Crippen LogP contribution in [0.3, 0.4) is 0 Å². The van der Waals surface area contributed by atoms with Gasteiger partial charge in [-0.3, -0.25) is 19.2 Å². The van der Waals surface area contributed by atoms with Crippen molar-refractivity contribution in [2.45, 2.75) is 84.9 Å².